The molecule has 0 bridgehead atoms. The molecule has 58 valence electrons. The van der Waals surface area contributed by atoms with E-state index in [2.05, 4.69) is 18.9 Å². The number of nitrogens with one attached hydrogen (secondary N) is 1. The number of H-pyrrole nitrogens is 1. The standard InChI is InChI=1S/C7H4N4S/c1-2-6-7(11-12-10-6)4-3-8-9-5(1)4/h1-3,11H. The van der Waals surface area contributed by atoms with Crippen molar-refractivity contribution in [3.05, 3.63) is 18.3 Å². The molecule has 5 heteroatoms. The maximum atomic E-state index is 4.18. The summed E-state index contributed by atoms with van der Waals surface area (Å²) in [5, 5.41) is 8.84. The van der Waals surface area contributed by atoms with Gasteiger partial charge < -0.3 is 0 Å². The molecule has 12 heavy (non-hydrogen) atoms. The molecule has 0 unspecified atom stereocenters. The first-order chi connectivity index (χ1) is 5.95. The molecule has 0 saturated carbocycles. The molecule has 0 aliphatic heterocycles. The Balaban J connectivity index is 2.71. The summed E-state index contributed by atoms with van der Waals surface area (Å²) in [5.41, 5.74) is 2.92. The van der Waals surface area contributed by atoms with Crippen molar-refractivity contribution in [2.45, 2.75) is 0 Å². The second-order valence-corrected chi connectivity index (χ2v) is 3.09. The minimum atomic E-state index is 0.916. The average molecular weight is 176 g/mol. The molecule has 3 rings (SSSR count). The lowest BCUT2D eigenvalue weighted by Crippen LogP contribution is -1.71. The zero-order chi connectivity index (χ0) is 7.97. The largest absolute Gasteiger partial charge is 0.293 e. The maximum Gasteiger partial charge on any atom is 0.103 e. The van der Waals surface area contributed by atoms with Gasteiger partial charge in [-0.15, -0.1) is 0 Å². The van der Waals surface area contributed by atoms with E-state index in [1.807, 2.05) is 12.1 Å². The predicted octanol–water partition coefficient (Wildman–Crippen LogP) is 1.57. The lowest BCUT2D eigenvalue weighted by molar-refractivity contribution is 1.12. The molecule has 0 radical (unpaired) electrons. The highest BCUT2D eigenvalue weighted by molar-refractivity contribution is 7.00. The average Bonchev–Trinajstić information content (AvgIpc) is 2.71. The second-order valence-electron chi connectivity index (χ2n) is 2.52. The number of aromatic nitrogens is 4. The summed E-state index contributed by atoms with van der Waals surface area (Å²) in [7, 11) is 0. The summed E-state index contributed by atoms with van der Waals surface area (Å²) in [6.45, 7) is 0. The van der Waals surface area contributed by atoms with Crippen molar-refractivity contribution in [2.75, 3.05) is 0 Å². The minimum Gasteiger partial charge on any atom is -0.293 e. The molecule has 2 aromatic heterocycles. The van der Waals surface area contributed by atoms with E-state index < -0.39 is 0 Å². The molecular weight excluding hydrogens is 172 g/mol. The van der Waals surface area contributed by atoms with Gasteiger partial charge in [-0.3, -0.25) is 4.37 Å². The fourth-order valence-corrected chi connectivity index (χ4v) is 1.87. The van der Waals surface area contributed by atoms with Crippen molar-refractivity contribution < 1.29 is 0 Å². The van der Waals surface area contributed by atoms with E-state index in [4.69, 9.17) is 0 Å². The van der Waals surface area contributed by atoms with Gasteiger partial charge in [-0.2, -0.15) is 14.6 Å². The van der Waals surface area contributed by atoms with E-state index in [0.717, 1.165) is 21.9 Å². The summed E-state index contributed by atoms with van der Waals surface area (Å²) >= 11 is 1.34. The van der Waals surface area contributed by atoms with Gasteiger partial charge in [0.05, 0.1) is 17.2 Å². The predicted molar refractivity (Wildman–Crippen MR) is 47.1 cm³/mol. The van der Waals surface area contributed by atoms with Crippen LogP contribution in [0.15, 0.2) is 18.3 Å². The Morgan fingerprint density at radius 3 is 3.17 bits per heavy atom. The first kappa shape index (κ1) is 6.07. The molecule has 4 nitrogen and oxygen atoms in total. The summed E-state index contributed by atoms with van der Waals surface area (Å²) in [4.78, 5) is 0. The maximum absolute atomic E-state index is 4.18. The van der Waals surface area contributed by atoms with Crippen LogP contribution in [0.1, 0.15) is 0 Å². The van der Waals surface area contributed by atoms with Gasteiger partial charge in [-0.05, 0) is 12.1 Å². The van der Waals surface area contributed by atoms with E-state index in [1.54, 1.807) is 6.20 Å². The highest BCUT2D eigenvalue weighted by atomic mass is 32.1. The topological polar surface area (TPSA) is 54.5 Å². The van der Waals surface area contributed by atoms with Crippen LogP contribution in [0.5, 0.6) is 0 Å². The van der Waals surface area contributed by atoms with Crippen LogP contribution >= 0.6 is 11.7 Å². The number of rotatable bonds is 0. The summed E-state index contributed by atoms with van der Waals surface area (Å²) in [6.07, 6.45) is 1.75. The molecule has 1 N–H and O–H groups in total. The Bertz CT molecular complexity index is 489. The highest BCUT2D eigenvalue weighted by Crippen LogP contribution is 2.21. The zero-order valence-electron chi connectivity index (χ0n) is 5.98. The smallest absolute Gasteiger partial charge is 0.103 e. The summed E-state index contributed by atoms with van der Waals surface area (Å²) in [6, 6.07) is 3.87. The van der Waals surface area contributed by atoms with E-state index in [0.29, 0.717) is 0 Å². The minimum absolute atomic E-state index is 0.916. The van der Waals surface area contributed by atoms with Gasteiger partial charge in [0.2, 0.25) is 0 Å². The molecule has 0 fully saturated rings. The Morgan fingerprint density at radius 1 is 1.25 bits per heavy atom. The van der Waals surface area contributed by atoms with Crippen LogP contribution in [0, 0.1) is 0 Å². The second kappa shape index (κ2) is 2.01. The molecule has 0 aliphatic carbocycles. The number of hydrogen-bond acceptors (Lipinski definition) is 4. The normalized spacial score (nSPS) is 11.3. The van der Waals surface area contributed by atoms with Gasteiger partial charge in [-0.1, -0.05) is 0 Å². The highest BCUT2D eigenvalue weighted by Gasteiger charge is 2.03. The fraction of sp³-hybridized carbons (Fsp3) is 0. The van der Waals surface area contributed by atoms with E-state index in [-0.39, 0.29) is 0 Å². The van der Waals surface area contributed by atoms with Gasteiger partial charge in [-0.25, -0.2) is 0 Å². The van der Waals surface area contributed by atoms with E-state index >= 15 is 0 Å². The number of fused-ring (bicyclic) bond motifs is 3. The van der Waals surface area contributed by atoms with Crippen LogP contribution in [-0.2, 0) is 0 Å². The lowest BCUT2D eigenvalue weighted by atomic mass is 10.2. The first-order valence-electron chi connectivity index (χ1n) is 3.49. The van der Waals surface area contributed by atoms with Crippen LogP contribution in [0.3, 0.4) is 0 Å². The van der Waals surface area contributed by atoms with Gasteiger partial charge in [0.15, 0.2) is 0 Å². The van der Waals surface area contributed by atoms with Gasteiger partial charge in [0.25, 0.3) is 0 Å². The quantitative estimate of drug-likeness (QED) is 0.565. The van der Waals surface area contributed by atoms with Crippen molar-refractivity contribution in [3.63, 3.8) is 0 Å². The first-order valence-corrected chi connectivity index (χ1v) is 4.26. The number of benzene rings is 1. The number of hydrogen-bond donors (Lipinski definition) is 1. The fourth-order valence-electron chi connectivity index (χ4n) is 1.26. The third-order valence-electron chi connectivity index (χ3n) is 1.84. The molecule has 0 spiro atoms. The number of nitrogens with zero attached hydrogens (tertiary/aromatic N) is 3. The van der Waals surface area contributed by atoms with Gasteiger partial charge in [0.1, 0.15) is 5.52 Å². The Kier molecular flexibility index (Phi) is 1.02. The molecule has 0 saturated heterocycles. The van der Waals surface area contributed by atoms with Crippen LogP contribution in [0.25, 0.3) is 21.9 Å². The molecular formula is C7H4N4S. The van der Waals surface area contributed by atoms with Crippen molar-refractivity contribution in [1.29, 1.82) is 0 Å². The van der Waals surface area contributed by atoms with Gasteiger partial charge >= 0.3 is 0 Å². The molecule has 0 atom stereocenters. The molecule has 3 aromatic rings. The Hall–Kier alpha value is -1.49. The third kappa shape index (κ3) is 0.634. The van der Waals surface area contributed by atoms with Crippen LogP contribution in [0.4, 0.5) is 0 Å². The van der Waals surface area contributed by atoms with Crippen LogP contribution in [-0.4, -0.2) is 18.9 Å². The Labute approximate surface area is 71.6 Å². The molecule has 1 aromatic carbocycles. The molecule has 0 aliphatic rings. The van der Waals surface area contributed by atoms with Crippen LogP contribution in [0.2, 0.25) is 0 Å². The molecule has 2 heterocycles. The summed E-state index contributed by atoms with van der Waals surface area (Å²) in [5.74, 6) is 0. The van der Waals surface area contributed by atoms with Crippen molar-refractivity contribution in [1.82, 2.24) is 18.9 Å². The number of aromatic amines is 1. The van der Waals surface area contributed by atoms with Crippen LogP contribution < -0.4 is 0 Å². The van der Waals surface area contributed by atoms with E-state index in [9.17, 15) is 0 Å². The van der Waals surface area contributed by atoms with Crippen molar-refractivity contribution >= 4 is 33.7 Å². The zero-order valence-corrected chi connectivity index (χ0v) is 6.80. The monoisotopic (exact) mass is 176 g/mol. The molecule has 0 amide bonds. The van der Waals surface area contributed by atoms with Gasteiger partial charge in [0, 0.05) is 17.1 Å². The van der Waals surface area contributed by atoms with E-state index in [1.165, 1.54) is 11.7 Å². The lowest BCUT2D eigenvalue weighted by Gasteiger charge is -1.86. The summed E-state index contributed by atoms with van der Waals surface area (Å²) < 4.78 is 7.28. The van der Waals surface area contributed by atoms with Crippen molar-refractivity contribution in [3.8, 4) is 0 Å². The SMILES string of the molecule is c1cc2ns[nH]c2c2cnnc12. The third-order valence-corrected chi connectivity index (χ3v) is 2.43. The van der Waals surface area contributed by atoms with Crippen molar-refractivity contribution in [2.24, 2.45) is 0 Å². The Morgan fingerprint density at radius 2 is 2.17 bits per heavy atom.